The van der Waals surface area contributed by atoms with Crippen LogP contribution in [0, 0.1) is 5.92 Å². The number of hydrogen-bond acceptors (Lipinski definition) is 3. The Kier molecular flexibility index (Phi) is 6.42. The Morgan fingerprint density at radius 1 is 1.25 bits per heavy atom. The molecule has 16 heavy (non-hydrogen) atoms. The lowest BCUT2D eigenvalue weighted by Crippen LogP contribution is -2.36. The Bertz CT molecular complexity index is 208. The molecule has 0 aliphatic heterocycles. The normalized spacial score (nSPS) is 25.4. The van der Waals surface area contributed by atoms with Crippen LogP contribution in [0.5, 0.6) is 0 Å². The summed E-state index contributed by atoms with van der Waals surface area (Å²) in [6, 6.07) is 0. The lowest BCUT2D eigenvalue weighted by atomic mass is 9.86. The molecule has 0 aromatic carbocycles. The fraction of sp³-hybridized carbons (Fsp3) is 0.917. The predicted octanol–water partition coefficient (Wildman–Crippen LogP) is 0.816. The van der Waals surface area contributed by atoms with Gasteiger partial charge in [-0.1, -0.05) is 12.8 Å². The monoisotopic (exact) mass is 229 g/mol. The van der Waals surface area contributed by atoms with Gasteiger partial charge in [0.2, 0.25) is 5.91 Å². The molecule has 0 heterocycles. The molecule has 1 aliphatic rings. The summed E-state index contributed by atoms with van der Waals surface area (Å²) in [4.78, 5) is 11.4. The summed E-state index contributed by atoms with van der Waals surface area (Å²) < 4.78 is 0. The largest absolute Gasteiger partial charge is 0.396 e. The topological polar surface area (TPSA) is 69.6 Å². The second kappa shape index (κ2) is 7.63. The molecule has 1 aliphatic carbocycles. The zero-order valence-corrected chi connectivity index (χ0v) is 9.82. The highest BCUT2D eigenvalue weighted by Crippen LogP contribution is 2.23. The number of unbranched alkanes of at least 4 members (excludes halogenated alkanes) is 1. The number of aliphatic hydroxyl groups is 2. The van der Waals surface area contributed by atoms with Gasteiger partial charge in [0.15, 0.2) is 0 Å². The second-order valence-electron chi connectivity index (χ2n) is 4.60. The Labute approximate surface area is 97.0 Å². The molecule has 94 valence electrons. The van der Waals surface area contributed by atoms with E-state index in [0.29, 0.717) is 19.4 Å². The van der Waals surface area contributed by atoms with Crippen LogP contribution in [0.15, 0.2) is 0 Å². The summed E-state index contributed by atoms with van der Waals surface area (Å²) in [5, 5.41) is 21.2. The summed E-state index contributed by atoms with van der Waals surface area (Å²) >= 11 is 0. The van der Waals surface area contributed by atoms with Crippen LogP contribution in [0.1, 0.15) is 44.9 Å². The van der Waals surface area contributed by atoms with Crippen molar-refractivity contribution < 1.29 is 15.0 Å². The van der Waals surface area contributed by atoms with E-state index in [1.807, 2.05) is 0 Å². The van der Waals surface area contributed by atoms with Gasteiger partial charge in [-0.05, 0) is 25.7 Å². The molecule has 0 radical (unpaired) electrons. The average Bonchev–Trinajstić information content (AvgIpc) is 2.28. The molecule has 4 nitrogen and oxygen atoms in total. The van der Waals surface area contributed by atoms with Gasteiger partial charge in [0.1, 0.15) is 0 Å². The fourth-order valence-corrected chi connectivity index (χ4v) is 2.16. The van der Waals surface area contributed by atoms with Gasteiger partial charge in [0.25, 0.3) is 0 Å². The average molecular weight is 229 g/mol. The van der Waals surface area contributed by atoms with Crippen LogP contribution in [0.3, 0.4) is 0 Å². The maximum absolute atomic E-state index is 11.4. The van der Waals surface area contributed by atoms with E-state index in [9.17, 15) is 9.90 Å². The maximum Gasteiger partial charge on any atom is 0.220 e. The third-order valence-corrected chi connectivity index (χ3v) is 3.24. The molecule has 0 saturated heterocycles. The fourth-order valence-electron chi connectivity index (χ4n) is 2.16. The van der Waals surface area contributed by atoms with E-state index >= 15 is 0 Å². The first-order valence-electron chi connectivity index (χ1n) is 6.29. The van der Waals surface area contributed by atoms with Crippen molar-refractivity contribution in [3.8, 4) is 0 Å². The van der Waals surface area contributed by atoms with Gasteiger partial charge in [-0.2, -0.15) is 0 Å². The zero-order chi connectivity index (χ0) is 11.8. The van der Waals surface area contributed by atoms with E-state index in [1.165, 1.54) is 0 Å². The van der Waals surface area contributed by atoms with E-state index in [0.717, 1.165) is 32.1 Å². The van der Waals surface area contributed by atoms with Gasteiger partial charge in [-0.25, -0.2) is 0 Å². The van der Waals surface area contributed by atoms with Crippen molar-refractivity contribution in [1.82, 2.24) is 5.32 Å². The van der Waals surface area contributed by atoms with Crippen LogP contribution >= 0.6 is 0 Å². The predicted molar refractivity (Wildman–Crippen MR) is 61.9 cm³/mol. The van der Waals surface area contributed by atoms with Crippen LogP contribution in [0.25, 0.3) is 0 Å². The van der Waals surface area contributed by atoms with Crippen molar-refractivity contribution >= 4 is 5.91 Å². The van der Waals surface area contributed by atoms with Crippen LogP contribution in [-0.2, 0) is 4.79 Å². The Morgan fingerprint density at radius 3 is 2.69 bits per heavy atom. The minimum Gasteiger partial charge on any atom is -0.396 e. The number of aliphatic hydroxyl groups excluding tert-OH is 2. The molecule has 2 unspecified atom stereocenters. The van der Waals surface area contributed by atoms with Crippen LogP contribution in [0.2, 0.25) is 0 Å². The highest BCUT2D eigenvalue weighted by atomic mass is 16.3. The van der Waals surface area contributed by atoms with Crippen molar-refractivity contribution in [2.75, 3.05) is 13.2 Å². The summed E-state index contributed by atoms with van der Waals surface area (Å²) in [6.07, 6.45) is 5.78. The van der Waals surface area contributed by atoms with Crippen molar-refractivity contribution in [2.45, 2.75) is 51.0 Å². The van der Waals surface area contributed by atoms with Crippen LogP contribution < -0.4 is 5.32 Å². The molecule has 1 rings (SSSR count). The van der Waals surface area contributed by atoms with Gasteiger partial charge >= 0.3 is 0 Å². The first-order valence-corrected chi connectivity index (χ1v) is 6.29. The summed E-state index contributed by atoms with van der Waals surface area (Å²) in [7, 11) is 0. The van der Waals surface area contributed by atoms with Crippen molar-refractivity contribution in [3.05, 3.63) is 0 Å². The van der Waals surface area contributed by atoms with Crippen LogP contribution in [-0.4, -0.2) is 35.4 Å². The minimum atomic E-state index is -0.244. The first-order chi connectivity index (χ1) is 7.74. The number of hydrogen-bond donors (Lipinski definition) is 3. The van der Waals surface area contributed by atoms with E-state index in [-0.39, 0.29) is 24.5 Å². The number of carbonyl (C=O) groups excluding carboxylic acids is 1. The number of carbonyl (C=O) groups is 1. The highest BCUT2D eigenvalue weighted by Gasteiger charge is 2.22. The second-order valence-corrected chi connectivity index (χ2v) is 4.60. The Morgan fingerprint density at radius 2 is 2.00 bits per heavy atom. The summed E-state index contributed by atoms with van der Waals surface area (Å²) in [5.74, 6) is 0.266. The Balaban J connectivity index is 2.10. The van der Waals surface area contributed by atoms with E-state index in [2.05, 4.69) is 5.32 Å². The van der Waals surface area contributed by atoms with Gasteiger partial charge in [-0.3, -0.25) is 4.79 Å². The third-order valence-electron chi connectivity index (χ3n) is 3.24. The van der Waals surface area contributed by atoms with Crippen molar-refractivity contribution in [2.24, 2.45) is 5.92 Å². The minimum absolute atomic E-state index is 0.0335. The number of nitrogens with one attached hydrogen (secondary N) is 1. The lowest BCUT2D eigenvalue weighted by molar-refractivity contribution is -0.121. The summed E-state index contributed by atoms with van der Waals surface area (Å²) in [5.41, 5.74) is 0. The zero-order valence-electron chi connectivity index (χ0n) is 9.82. The van der Waals surface area contributed by atoms with Crippen LogP contribution in [0.4, 0.5) is 0 Å². The molecule has 0 aromatic heterocycles. The molecule has 0 bridgehead atoms. The molecule has 4 heteroatoms. The molecule has 3 N–H and O–H groups in total. The van der Waals surface area contributed by atoms with Crippen molar-refractivity contribution in [1.29, 1.82) is 0 Å². The van der Waals surface area contributed by atoms with Gasteiger partial charge in [-0.15, -0.1) is 0 Å². The highest BCUT2D eigenvalue weighted by molar-refractivity contribution is 5.75. The standard InChI is InChI=1S/C12H23NO3/c14-8-4-3-7-12(16)13-9-10-5-1-2-6-11(10)15/h10-11,14-15H,1-9H2,(H,13,16). The summed E-state index contributed by atoms with van der Waals surface area (Å²) in [6.45, 7) is 0.744. The van der Waals surface area contributed by atoms with E-state index in [1.54, 1.807) is 0 Å². The molecular formula is C12H23NO3. The maximum atomic E-state index is 11.4. The third kappa shape index (κ3) is 4.94. The molecule has 1 fully saturated rings. The molecule has 1 amide bonds. The molecule has 2 atom stereocenters. The first kappa shape index (κ1) is 13.5. The smallest absolute Gasteiger partial charge is 0.220 e. The number of amides is 1. The van der Waals surface area contributed by atoms with Gasteiger partial charge in [0.05, 0.1) is 6.10 Å². The van der Waals surface area contributed by atoms with E-state index < -0.39 is 0 Å². The molecule has 0 spiro atoms. The molecule has 0 aromatic rings. The SMILES string of the molecule is O=C(CCCCO)NCC1CCCCC1O. The van der Waals surface area contributed by atoms with Crippen molar-refractivity contribution in [3.63, 3.8) is 0 Å². The molecular weight excluding hydrogens is 206 g/mol. The van der Waals surface area contributed by atoms with E-state index in [4.69, 9.17) is 5.11 Å². The molecule has 1 saturated carbocycles. The lowest BCUT2D eigenvalue weighted by Gasteiger charge is -2.27. The van der Waals surface area contributed by atoms with Gasteiger partial charge in [0, 0.05) is 25.5 Å². The van der Waals surface area contributed by atoms with Gasteiger partial charge < -0.3 is 15.5 Å². The number of rotatable bonds is 6. The quantitative estimate of drug-likeness (QED) is 0.590. The Hall–Kier alpha value is -0.610.